The summed E-state index contributed by atoms with van der Waals surface area (Å²) in [5.74, 6) is 0.623. The van der Waals surface area contributed by atoms with Gasteiger partial charge in [0.05, 0.1) is 33.3 Å². The van der Waals surface area contributed by atoms with Crippen molar-refractivity contribution in [3.63, 3.8) is 0 Å². The van der Waals surface area contributed by atoms with Crippen molar-refractivity contribution in [2.45, 2.75) is 0 Å². The van der Waals surface area contributed by atoms with Crippen molar-refractivity contribution in [2.24, 2.45) is 0 Å². The van der Waals surface area contributed by atoms with E-state index in [4.69, 9.17) is 14.4 Å². The molecule has 13 aromatic rings. The molecule has 0 saturated heterocycles. The minimum absolute atomic E-state index is 0.623. The van der Waals surface area contributed by atoms with Crippen molar-refractivity contribution in [2.75, 3.05) is 0 Å². The third-order valence-electron chi connectivity index (χ3n) is 12.1. The highest BCUT2D eigenvalue weighted by atomic mass is 16.3. The van der Waals surface area contributed by atoms with E-state index in [1.807, 2.05) is 12.1 Å². The summed E-state index contributed by atoms with van der Waals surface area (Å²) in [5, 5.41) is 10.3. The van der Waals surface area contributed by atoms with E-state index in [1.165, 1.54) is 43.4 Å². The van der Waals surface area contributed by atoms with Gasteiger partial charge in [0.2, 0.25) is 5.95 Å². The van der Waals surface area contributed by atoms with Crippen LogP contribution in [0.5, 0.6) is 0 Å². The van der Waals surface area contributed by atoms with Crippen molar-refractivity contribution in [3.05, 3.63) is 194 Å². The van der Waals surface area contributed by atoms with E-state index >= 15 is 0 Å². The van der Waals surface area contributed by atoms with E-state index in [-0.39, 0.29) is 0 Å². The monoisotopic (exact) mass is 752 g/mol. The van der Waals surface area contributed by atoms with Crippen LogP contribution in [0.15, 0.2) is 199 Å². The summed E-state index contributed by atoms with van der Waals surface area (Å²) in [6.45, 7) is 0. The van der Waals surface area contributed by atoms with Gasteiger partial charge in [-0.25, -0.2) is 9.97 Å². The topological polar surface area (TPSA) is 48.8 Å². The molecule has 4 aromatic heterocycles. The highest BCUT2D eigenvalue weighted by molar-refractivity contribution is 6.33. The van der Waals surface area contributed by atoms with Crippen molar-refractivity contribution in [1.29, 1.82) is 0 Å². The first-order chi connectivity index (χ1) is 29.3. The van der Waals surface area contributed by atoms with Crippen LogP contribution in [0.3, 0.4) is 0 Å². The zero-order valence-corrected chi connectivity index (χ0v) is 31.7. The van der Waals surface area contributed by atoms with Gasteiger partial charge in [0.15, 0.2) is 0 Å². The van der Waals surface area contributed by atoms with Gasteiger partial charge in [-0.2, -0.15) is 0 Å². The number of nitrogens with zero attached hydrogens (tertiary/aromatic N) is 4. The molecule has 59 heavy (non-hydrogen) atoms. The number of fused-ring (bicyclic) bond motifs is 13. The highest BCUT2D eigenvalue weighted by Gasteiger charge is 2.24. The van der Waals surface area contributed by atoms with Crippen LogP contribution in [0.1, 0.15) is 0 Å². The smallest absolute Gasteiger partial charge is 0.235 e. The number of hydrogen-bond acceptors (Lipinski definition) is 3. The molecule has 0 fully saturated rings. The van der Waals surface area contributed by atoms with E-state index < -0.39 is 0 Å². The standard InChI is InChI=1S/C54H32N4O/c1-2-13-33(14-3-1)35-16-12-17-37(31-35)57-44-23-10-7-21-42(44)51-45(57)29-30-47-52(51)50-38-18-5-4-15-34(38)26-28-46(50)58(47)54-55-43-22-9-6-20-41(43)53(56-54)36-25-27-40-39-19-8-11-24-48(39)59-49(40)32-36/h1-32H. The van der Waals surface area contributed by atoms with Crippen LogP contribution < -0.4 is 0 Å². The second-order valence-electron chi connectivity index (χ2n) is 15.3. The molecule has 0 bridgehead atoms. The lowest BCUT2D eigenvalue weighted by Crippen LogP contribution is -2.03. The highest BCUT2D eigenvalue weighted by Crippen LogP contribution is 2.45. The Morgan fingerprint density at radius 3 is 1.92 bits per heavy atom. The predicted molar refractivity (Wildman–Crippen MR) is 244 cm³/mol. The van der Waals surface area contributed by atoms with Crippen LogP contribution in [-0.4, -0.2) is 19.1 Å². The van der Waals surface area contributed by atoms with Crippen molar-refractivity contribution < 1.29 is 4.42 Å². The van der Waals surface area contributed by atoms with Gasteiger partial charge in [0, 0.05) is 49.0 Å². The normalized spacial score (nSPS) is 12.1. The van der Waals surface area contributed by atoms with Gasteiger partial charge in [-0.3, -0.25) is 4.57 Å². The Morgan fingerprint density at radius 2 is 1.02 bits per heavy atom. The number of furan rings is 1. The predicted octanol–water partition coefficient (Wildman–Crippen LogP) is 14.2. The molecule has 4 heterocycles. The zero-order valence-electron chi connectivity index (χ0n) is 31.7. The molecule has 0 saturated carbocycles. The van der Waals surface area contributed by atoms with Crippen molar-refractivity contribution in [1.82, 2.24) is 19.1 Å². The molecule has 0 amide bonds. The lowest BCUT2D eigenvalue weighted by Gasteiger charge is -2.12. The first-order valence-electron chi connectivity index (χ1n) is 20.0. The Hall–Kier alpha value is -8.02. The Kier molecular flexibility index (Phi) is 6.66. The van der Waals surface area contributed by atoms with Crippen LogP contribution in [0.2, 0.25) is 0 Å². The van der Waals surface area contributed by atoms with Gasteiger partial charge >= 0.3 is 0 Å². The fourth-order valence-corrected chi connectivity index (χ4v) is 9.53. The maximum Gasteiger partial charge on any atom is 0.235 e. The molecule has 13 rings (SSSR count). The minimum Gasteiger partial charge on any atom is -0.456 e. The van der Waals surface area contributed by atoms with E-state index in [0.29, 0.717) is 5.95 Å². The molecule has 5 nitrogen and oxygen atoms in total. The summed E-state index contributed by atoms with van der Waals surface area (Å²) in [7, 11) is 0. The lowest BCUT2D eigenvalue weighted by molar-refractivity contribution is 0.669. The van der Waals surface area contributed by atoms with Gasteiger partial charge < -0.3 is 8.98 Å². The van der Waals surface area contributed by atoms with Crippen molar-refractivity contribution in [3.8, 4) is 34.0 Å². The minimum atomic E-state index is 0.623. The summed E-state index contributed by atoms with van der Waals surface area (Å²) in [6.07, 6.45) is 0. The molecule has 0 aliphatic rings. The number of rotatable bonds is 4. The summed E-state index contributed by atoms with van der Waals surface area (Å²) < 4.78 is 11.1. The maximum atomic E-state index is 6.37. The molecule has 0 radical (unpaired) electrons. The molecule has 0 spiro atoms. The Labute approximate surface area is 337 Å². The van der Waals surface area contributed by atoms with Crippen LogP contribution in [0.4, 0.5) is 0 Å². The summed E-state index contributed by atoms with van der Waals surface area (Å²) in [6, 6.07) is 69.0. The fourth-order valence-electron chi connectivity index (χ4n) is 9.53. The SMILES string of the molecule is c1ccc(-c2cccc(-n3c4ccccc4c4c5c6c7ccccc7ccc6n(-c6nc(-c7ccc8c(c7)oc7ccccc78)c7ccccc7n6)c5ccc43)c2)cc1. The molecular formula is C54H32N4O. The lowest BCUT2D eigenvalue weighted by atomic mass is 10.0. The van der Waals surface area contributed by atoms with Gasteiger partial charge in [-0.05, 0) is 82.6 Å². The second kappa shape index (κ2) is 12.2. The third kappa shape index (κ3) is 4.67. The molecule has 0 unspecified atom stereocenters. The zero-order chi connectivity index (χ0) is 38.6. The molecule has 9 aromatic carbocycles. The molecular weight excluding hydrogens is 721 g/mol. The van der Waals surface area contributed by atoms with E-state index in [0.717, 1.165) is 71.9 Å². The summed E-state index contributed by atoms with van der Waals surface area (Å²) in [5.41, 5.74) is 12.3. The number of benzene rings is 9. The first kappa shape index (κ1) is 32.1. The van der Waals surface area contributed by atoms with Crippen molar-refractivity contribution >= 4 is 87.2 Å². The number of aromatic nitrogens is 4. The van der Waals surface area contributed by atoms with E-state index in [1.54, 1.807) is 0 Å². The largest absolute Gasteiger partial charge is 0.456 e. The van der Waals surface area contributed by atoms with Gasteiger partial charge in [0.1, 0.15) is 11.2 Å². The Morgan fingerprint density at radius 1 is 0.356 bits per heavy atom. The fraction of sp³-hybridized carbons (Fsp3) is 0. The summed E-state index contributed by atoms with van der Waals surface area (Å²) in [4.78, 5) is 10.8. The van der Waals surface area contributed by atoms with E-state index in [2.05, 4.69) is 191 Å². The quantitative estimate of drug-likeness (QED) is 0.180. The molecule has 0 aliphatic carbocycles. The van der Waals surface area contributed by atoms with Crippen LogP contribution in [-0.2, 0) is 0 Å². The molecule has 0 aliphatic heterocycles. The third-order valence-corrected chi connectivity index (χ3v) is 12.1. The number of para-hydroxylation sites is 3. The molecule has 5 heteroatoms. The Bertz CT molecular complexity index is 3850. The Balaban J connectivity index is 1.13. The van der Waals surface area contributed by atoms with Gasteiger partial charge in [-0.1, -0.05) is 133 Å². The van der Waals surface area contributed by atoms with Crippen LogP contribution >= 0.6 is 0 Å². The molecule has 0 N–H and O–H groups in total. The first-order valence-corrected chi connectivity index (χ1v) is 20.0. The van der Waals surface area contributed by atoms with Gasteiger partial charge in [0.25, 0.3) is 0 Å². The maximum absolute atomic E-state index is 6.37. The molecule has 0 atom stereocenters. The average molecular weight is 753 g/mol. The van der Waals surface area contributed by atoms with E-state index in [9.17, 15) is 0 Å². The second-order valence-corrected chi connectivity index (χ2v) is 15.3. The summed E-state index contributed by atoms with van der Waals surface area (Å²) >= 11 is 0. The average Bonchev–Trinajstić information content (AvgIpc) is 3.96. The molecule has 274 valence electrons. The van der Waals surface area contributed by atoms with Crippen LogP contribution in [0.25, 0.3) is 121 Å². The number of hydrogen-bond donors (Lipinski definition) is 0. The van der Waals surface area contributed by atoms with Crippen LogP contribution in [0, 0.1) is 0 Å². The van der Waals surface area contributed by atoms with Gasteiger partial charge in [-0.15, -0.1) is 0 Å².